The summed E-state index contributed by atoms with van der Waals surface area (Å²) in [5, 5.41) is 0. The molecule has 0 heteroatoms. The van der Waals surface area contributed by atoms with Gasteiger partial charge in [-0.3, -0.25) is 0 Å². The molecule has 0 saturated heterocycles. The van der Waals surface area contributed by atoms with Crippen LogP contribution in [-0.4, -0.2) is 0 Å². The quantitative estimate of drug-likeness (QED) is 0.648. The molecule has 2 aliphatic rings. The third-order valence-corrected chi connectivity index (χ3v) is 4.94. The van der Waals surface area contributed by atoms with Crippen LogP contribution in [0.4, 0.5) is 0 Å². The molecule has 0 aromatic heterocycles. The van der Waals surface area contributed by atoms with Crippen LogP contribution < -0.4 is 0 Å². The fraction of sp³-hybridized carbons (Fsp3) is 0.529. The van der Waals surface area contributed by atoms with Gasteiger partial charge >= 0.3 is 0 Å². The summed E-state index contributed by atoms with van der Waals surface area (Å²) < 4.78 is 0. The Morgan fingerprint density at radius 3 is 2.88 bits per heavy atom. The van der Waals surface area contributed by atoms with Crippen LogP contribution in [0.15, 0.2) is 36.4 Å². The molecule has 1 aromatic carbocycles. The van der Waals surface area contributed by atoms with E-state index in [4.69, 9.17) is 0 Å². The van der Waals surface area contributed by atoms with E-state index in [1.54, 1.807) is 11.1 Å². The minimum Gasteiger partial charge on any atom is -0.0914 e. The second-order valence-electron chi connectivity index (χ2n) is 5.69. The maximum Gasteiger partial charge on any atom is -0.00620 e. The molecular formula is C17H22. The highest BCUT2D eigenvalue weighted by Crippen LogP contribution is 2.55. The summed E-state index contributed by atoms with van der Waals surface area (Å²) in [4.78, 5) is 0. The summed E-state index contributed by atoms with van der Waals surface area (Å²) in [6, 6.07) is 9.13. The first kappa shape index (κ1) is 11.1. The Labute approximate surface area is 105 Å². The summed E-state index contributed by atoms with van der Waals surface area (Å²) >= 11 is 0. The third-order valence-electron chi connectivity index (χ3n) is 4.94. The summed E-state index contributed by atoms with van der Waals surface area (Å²) in [7, 11) is 0. The molecule has 3 rings (SSSR count). The largest absolute Gasteiger partial charge is 0.0914 e. The van der Waals surface area contributed by atoms with Crippen molar-refractivity contribution in [3.63, 3.8) is 0 Å². The highest BCUT2D eigenvalue weighted by Gasteiger charge is 2.46. The van der Waals surface area contributed by atoms with Crippen molar-refractivity contribution in [2.75, 3.05) is 0 Å². The monoisotopic (exact) mass is 226 g/mol. The molecule has 1 aromatic rings. The Hall–Kier alpha value is -1.04. The zero-order valence-electron chi connectivity index (χ0n) is 10.9. The van der Waals surface area contributed by atoms with Crippen LogP contribution >= 0.6 is 0 Å². The lowest BCUT2D eigenvalue weighted by atomic mass is 9.86. The molecule has 1 fully saturated rings. The number of allylic oxidation sites excluding steroid dienone is 2. The first-order valence-corrected chi connectivity index (χ1v) is 7.05. The number of hydrogen-bond donors (Lipinski definition) is 0. The van der Waals surface area contributed by atoms with Gasteiger partial charge in [0.25, 0.3) is 0 Å². The van der Waals surface area contributed by atoms with Crippen molar-refractivity contribution >= 4 is 0 Å². The van der Waals surface area contributed by atoms with Gasteiger partial charge in [0.2, 0.25) is 0 Å². The normalized spacial score (nSPS) is 35.2. The standard InChI is InChI=1S/C17H22/c1-3-7-14-10-12(4-2)16-11-13-8-5-6-9-15(13)17(14)16/h3,5-9,12,14,16-17H,4,10-11H2,1-2H3. The lowest BCUT2D eigenvalue weighted by Gasteiger charge is -2.17. The Morgan fingerprint density at radius 1 is 1.29 bits per heavy atom. The van der Waals surface area contributed by atoms with Gasteiger partial charge in [-0.25, -0.2) is 0 Å². The van der Waals surface area contributed by atoms with E-state index in [9.17, 15) is 0 Å². The van der Waals surface area contributed by atoms with Crippen molar-refractivity contribution in [3.8, 4) is 0 Å². The van der Waals surface area contributed by atoms with Gasteiger partial charge in [0.05, 0.1) is 0 Å². The Balaban J connectivity index is 1.99. The maximum absolute atomic E-state index is 2.45. The highest BCUT2D eigenvalue weighted by atomic mass is 14.5. The molecule has 0 radical (unpaired) electrons. The van der Waals surface area contributed by atoms with Crippen molar-refractivity contribution in [1.29, 1.82) is 0 Å². The zero-order valence-corrected chi connectivity index (χ0v) is 10.9. The summed E-state index contributed by atoms with van der Waals surface area (Å²) in [5.41, 5.74) is 3.27. The van der Waals surface area contributed by atoms with Crippen LogP contribution in [0.3, 0.4) is 0 Å². The van der Waals surface area contributed by atoms with Crippen LogP contribution in [0.1, 0.15) is 43.7 Å². The molecule has 0 spiro atoms. The molecule has 0 aliphatic heterocycles. The SMILES string of the molecule is CC=CC1CC(CC)C2Cc3ccccc3C12. The predicted molar refractivity (Wildman–Crippen MR) is 73.1 cm³/mol. The minimum atomic E-state index is 0.790. The topological polar surface area (TPSA) is 0 Å². The minimum absolute atomic E-state index is 0.790. The number of fused-ring (bicyclic) bond motifs is 3. The van der Waals surface area contributed by atoms with Crippen molar-refractivity contribution in [2.45, 2.75) is 39.0 Å². The molecule has 2 aliphatic carbocycles. The number of rotatable bonds is 2. The van der Waals surface area contributed by atoms with Gasteiger partial charge in [-0.2, -0.15) is 0 Å². The average Bonchev–Trinajstić information content (AvgIpc) is 2.87. The molecule has 4 unspecified atom stereocenters. The van der Waals surface area contributed by atoms with E-state index in [1.807, 2.05) is 0 Å². The van der Waals surface area contributed by atoms with E-state index in [0.29, 0.717) is 0 Å². The first-order valence-electron chi connectivity index (χ1n) is 7.05. The summed E-state index contributed by atoms with van der Waals surface area (Å²) in [6.07, 6.45) is 8.79. The van der Waals surface area contributed by atoms with E-state index in [-0.39, 0.29) is 0 Å². The number of hydrogen-bond acceptors (Lipinski definition) is 0. The van der Waals surface area contributed by atoms with Crippen molar-refractivity contribution in [3.05, 3.63) is 47.5 Å². The predicted octanol–water partition coefficient (Wildman–Crippen LogP) is 4.56. The fourth-order valence-corrected chi connectivity index (χ4v) is 4.25. The van der Waals surface area contributed by atoms with Gasteiger partial charge < -0.3 is 0 Å². The van der Waals surface area contributed by atoms with Crippen LogP contribution in [0, 0.1) is 17.8 Å². The Bertz CT molecular complexity index is 429. The van der Waals surface area contributed by atoms with E-state index in [2.05, 4.69) is 50.3 Å². The van der Waals surface area contributed by atoms with Crippen molar-refractivity contribution in [1.82, 2.24) is 0 Å². The molecule has 90 valence electrons. The van der Waals surface area contributed by atoms with Gasteiger partial charge in [-0.05, 0) is 54.6 Å². The molecule has 0 nitrogen and oxygen atoms in total. The van der Waals surface area contributed by atoms with E-state index in [0.717, 1.165) is 23.7 Å². The molecule has 1 saturated carbocycles. The van der Waals surface area contributed by atoms with Gasteiger partial charge in [-0.1, -0.05) is 49.8 Å². The lowest BCUT2D eigenvalue weighted by molar-refractivity contribution is 0.370. The summed E-state index contributed by atoms with van der Waals surface area (Å²) in [6.45, 7) is 4.53. The molecular weight excluding hydrogens is 204 g/mol. The smallest absolute Gasteiger partial charge is 0.00620 e. The maximum atomic E-state index is 2.45. The van der Waals surface area contributed by atoms with Crippen LogP contribution in [0.2, 0.25) is 0 Å². The van der Waals surface area contributed by atoms with Crippen molar-refractivity contribution in [2.24, 2.45) is 17.8 Å². The highest BCUT2D eigenvalue weighted by molar-refractivity contribution is 5.39. The first-order chi connectivity index (χ1) is 8.35. The molecule has 0 heterocycles. The van der Waals surface area contributed by atoms with Crippen LogP contribution in [-0.2, 0) is 6.42 Å². The molecule has 0 amide bonds. The Morgan fingerprint density at radius 2 is 2.12 bits per heavy atom. The lowest BCUT2D eigenvalue weighted by Crippen LogP contribution is -2.10. The number of benzene rings is 1. The zero-order chi connectivity index (χ0) is 11.8. The molecule has 4 atom stereocenters. The van der Waals surface area contributed by atoms with E-state index < -0.39 is 0 Å². The second-order valence-corrected chi connectivity index (χ2v) is 5.69. The van der Waals surface area contributed by atoms with Crippen molar-refractivity contribution < 1.29 is 0 Å². The van der Waals surface area contributed by atoms with E-state index in [1.165, 1.54) is 19.3 Å². The van der Waals surface area contributed by atoms with Gasteiger partial charge in [-0.15, -0.1) is 0 Å². The van der Waals surface area contributed by atoms with E-state index >= 15 is 0 Å². The molecule has 0 bridgehead atoms. The van der Waals surface area contributed by atoms with Gasteiger partial charge in [0.1, 0.15) is 0 Å². The van der Waals surface area contributed by atoms with Crippen LogP contribution in [0.5, 0.6) is 0 Å². The fourth-order valence-electron chi connectivity index (χ4n) is 4.25. The third kappa shape index (κ3) is 1.66. The average molecular weight is 226 g/mol. The Kier molecular flexibility index (Phi) is 2.82. The molecule has 0 N–H and O–H groups in total. The molecule has 17 heavy (non-hydrogen) atoms. The second kappa shape index (κ2) is 4.33. The van der Waals surface area contributed by atoms with Crippen LogP contribution in [0.25, 0.3) is 0 Å². The van der Waals surface area contributed by atoms with Gasteiger partial charge in [0, 0.05) is 0 Å². The summed E-state index contributed by atoms with van der Waals surface area (Å²) in [5.74, 6) is 3.46. The van der Waals surface area contributed by atoms with Gasteiger partial charge in [0.15, 0.2) is 0 Å².